The van der Waals surface area contributed by atoms with Gasteiger partial charge < -0.3 is 10.2 Å². The molecule has 0 aliphatic carbocycles. The SMILES string of the molecule is Cc1ccc(Cl)cc1N(CCCC(=O)N(Cc1ccc(Br)cc1)[C@@H](C)C(=O)NCC(C)C)S(C)(=O)=O. The van der Waals surface area contributed by atoms with E-state index in [1.54, 1.807) is 30.0 Å². The van der Waals surface area contributed by atoms with E-state index in [4.69, 9.17) is 11.6 Å². The molecule has 10 heteroatoms. The molecule has 0 saturated heterocycles. The first-order valence-corrected chi connectivity index (χ1v) is 14.9. The van der Waals surface area contributed by atoms with Crippen molar-refractivity contribution in [3.63, 3.8) is 0 Å². The topological polar surface area (TPSA) is 86.8 Å². The van der Waals surface area contributed by atoms with Crippen molar-refractivity contribution in [2.45, 2.75) is 53.1 Å². The fourth-order valence-electron chi connectivity index (χ4n) is 3.66. The van der Waals surface area contributed by atoms with Crippen LogP contribution < -0.4 is 9.62 Å². The zero-order valence-electron chi connectivity index (χ0n) is 21.4. The molecule has 0 aliphatic rings. The van der Waals surface area contributed by atoms with E-state index in [2.05, 4.69) is 21.2 Å². The zero-order valence-corrected chi connectivity index (χ0v) is 24.6. The van der Waals surface area contributed by atoms with Crippen LogP contribution in [-0.4, -0.2) is 50.5 Å². The molecule has 0 spiro atoms. The number of halogens is 2. The molecule has 0 radical (unpaired) electrons. The maximum absolute atomic E-state index is 13.3. The number of carbonyl (C=O) groups excluding carboxylic acids is 2. The quantitative estimate of drug-likeness (QED) is 0.365. The fourth-order valence-corrected chi connectivity index (χ4v) is 5.10. The highest BCUT2D eigenvalue weighted by Gasteiger charge is 2.27. The number of benzene rings is 2. The summed E-state index contributed by atoms with van der Waals surface area (Å²) in [5.74, 6) is -0.156. The number of rotatable bonds is 12. The summed E-state index contributed by atoms with van der Waals surface area (Å²) in [5.41, 5.74) is 2.15. The minimum absolute atomic E-state index is 0.0873. The van der Waals surface area contributed by atoms with Crippen molar-refractivity contribution in [3.8, 4) is 0 Å². The smallest absolute Gasteiger partial charge is 0.242 e. The van der Waals surface area contributed by atoms with Crippen LogP contribution in [0.1, 0.15) is 44.7 Å². The predicted octanol–water partition coefficient (Wildman–Crippen LogP) is 5.15. The second-order valence-corrected chi connectivity index (χ2v) is 12.6. The Balaban J connectivity index is 2.18. The lowest BCUT2D eigenvalue weighted by Gasteiger charge is -2.30. The molecule has 0 unspecified atom stereocenters. The second kappa shape index (κ2) is 13.4. The van der Waals surface area contributed by atoms with Crippen LogP contribution >= 0.6 is 27.5 Å². The molecular formula is C26H35BrClN3O4S. The summed E-state index contributed by atoms with van der Waals surface area (Å²) in [4.78, 5) is 27.7. The van der Waals surface area contributed by atoms with Crippen molar-refractivity contribution in [1.82, 2.24) is 10.2 Å². The summed E-state index contributed by atoms with van der Waals surface area (Å²) in [6, 6.07) is 12.0. The lowest BCUT2D eigenvalue weighted by molar-refractivity contribution is -0.140. The van der Waals surface area contributed by atoms with E-state index in [0.717, 1.165) is 21.9 Å². The van der Waals surface area contributed by atoms with Gasteiger partial charge >= 0.3 is 0 Å². The van der Waals surface area contributed by atoms with Crippen LogP contribution in [0.25, 0.3) is 0 Å². The second-order valence-electron chi connectivity index (χ2n) is 9.33. The van der Waals surface area contributed by atoms with Crippen LogP contribution in [0.5, 0.6) is 0 Å². The number of carbonyl (C=O) groups is 2. The zero-order chi connectivity index (χ0) is 27.0. The number of aryl methyl sites for hydroxylation is 1. The van der Waals surface area contributed by atoms with Crippen molar-refractivity contribution < 1.29 is 18.0 Å². The lowest BCUT2D eigenvalue weighted by atomic mass is 10.1. The third-order valence-corrected chi connectivity index (χ3v) is 7.65. The molecule has 7 nitrogen and oxygen atoms in total. The number of hydrogen-bond acceptors (Lipinski definition) is 4. The Bertz CT molecular complexity index is 1160. The Hall–Kier alpha value is -2.10. The summed E-state index contributed by atoms with van der Waals surface area (Å²) in [5, 5.41) is 3.33. The first-order chi connectivity index (χ1) is 16.8. The minimum atomic E-state index is -3.59. The van der Waals surface area contributed by atoms with Gasteiger partial charge in [0.1, 0.15) is 6.04 Å². The molecule has 2 rings (SSSR count). The molecule has 2 aromatic rings. The van der Waals surface area contributed by atoms with Crippen LogP contribution in [0, 0.1) is 12.8 Å². The van der Waals surface area contributed by atoms with Gasteiger partial charge in [-0.2, -0.15) is 0 Å². The number of sulfonamides is 1. The molecule has 0 fully saturated rings. The molecule has 198 valence electrons. The van der Waals surface area contributed by atoms with Crippen molar-refractivity contribution in [2.75, 3.05) is 23.7 Å². The molecule has 2 aromatic carbocycles. The third-order valence-electron chi connectivity index (χ3n) is 5.71. The van der Waals surface area contributed by atoms with Crippen LogP contribution in [0.2, 0.25) is 5.02 Å². The minimum Gasteiger partial charge on any atom is -0.354 e. The molecular weight excluding hydrogens is 566 g/mol. The number of nitrogens with one attached hydrogen (secondary N) is 1. The average Bonchev–Trinajstić information content (AvgIpc) is 2.80. The van der Waals surface area contributed by atoms with Gasteiger partial charge in [-0.3, -0.25) is 13.9 Å². The van der Waals surface area contributed by atoms with E-state index < -0.39 is 16.1 Å². The summed E-state index contributed by atoms with van der Waals surface area (Å²) < 4.78 is 27.3. The Morgan fingerprint density at radius 1 is 1.08 bits per heavy atom. The van der Waals surface area contributed by atoms with Crippen LogP contribution in [0.4, 0.5) is 5.69 Å². The lowest BCUT2D eigenvalue weighted by Crippen LogP contribution is -2.48. The Morgan fingerprint density at radius 3 is 2.31 bits per heavy atom. The molecule has 0 bridgehead atoms. The molecule has 2 amide bonds. The highest BCUT2D eigenvalue weighted by atomic mass is 79.9. The van der Waals surface area contributed by atoms with Crippen LogP contribution in [0.15, 0.2) is 46.9 Å². The monoisotopic (exact) mass is 599 g/mol. The van der Waals surface area contributed by atoms with Crippen molar-refractivity contribution >= 4 is 55.1 Å². The van der Waals surface area contributed by atoms with Crippen molar-refractivity contribution in [2.24, 2.45) is 5.92 Å². The standard InChI is InChI=1S/C26H35BrClN3O4S/c1-18(2)16-29-26(33)20(4)30(17-21-9-11-22(27)12-10-21)25(32)7-6-14-31(36(5,34)35)24-15-23(28)13-8-19(24)3/h8-13,15,18,20H,6-7,14,16-17H2,1-5H3,(H,29,33)/t20-/m0/s1. The number of anilines is 1. The largest absolute Gasteiger partial charge is 0.354 e. The number of nitrogens with zero attached hydrogens (tertiary/aromatic N) is 2. The predicted molar refractivity (Wildman–Crippen MR) is 150 cm³/mol. The van der Waals surface area contributed by atoms with E-state index in [9.17, 15) is 18.0 Å². The fraction of sp³-hybridized carbons (Fsp3) is 0.462. The summed E-state index contributed by atoms with van der Waals surface area (Å²) in [6.07, 6.45) is 1.51. The Kier molecular flexibility index (Phi) is 11.3. The maximum atomic E-state index is 13.3. The van der Waals surface area contributed by atoms with Crippen molar-refractivity contribution in [1.29, 1.82) is 0 Å². The average molecular weight is 601 g/mol. The molecule has 1 atom stereocenters. The normalized spacial score (nSPS) is 12.3. The molecule has 0 aliphatic heterocycles. The Morgan fingerprint density at radius 2 is 1.72 bits per heavy atom. The van der Waals surface area contributed by atoms with Gasteiger partial charge in [-0.25, -0.2) is 8.42 Å². The van der Waals surface area contributed by atoms with E-state index in [1.165, 1.54) is 4.31 Å². The highest BCUT2D eigenvalue weighted by molar-refractivity contribution is 9.10. The van der Waals surface area contributed by atoms with Gasteiger partial charge in [-0.15, -0.1) is 0 Å². The summed E-state index contributed by atoms with van der Waals surface area (Å²) >= 11 is 9.52. The van der Waals surface area contributed by atoms with Crippen molar-refractivity contribution in [3.05, 3.63) is 63.1 Å². The van der Waals surface area contributed by atoms with Gasteiger partial charge in [0.05, 0.1) is 11.9 Å². The Labute approximate surface area is 228 Å². The van der Waals surface area contributed by atoms with E-state index in [0.29, 0.717) is 17.3 Å². The van der Waals surface area contributed by atoms with Gasteiger partial charge in [0.2, 0.25) is 21.8 Å². The van der Waals surface area contributed by atoms with Crippen LogP contribution in [-0.2, 0) is 26.2 Å². The summed E-state index contributed by atoms with van der Waals surface area (Å²) in [7, 11) is -3.59. The van der Waals surface area contributed by atoms with Gasteiger partial charge in [-0.1, -0.05) is 59.6 Å². The summed E-state index contributed by atoms with van der Waals surface area (Å²) in [6.45, 7) is 8.44. The molecule has 36 heavy (non-hydrogen) atoms. The first-order valence-electron chi connectivity index (χ1n) is 11.8. The number of amides is 2. The van der Waals surface area contributed by atoms with Gasteiger partial charge in [0, 0.05) is 35.6 Å². The molecule has 1 N–H and O–H groups in total. The van der Waals surface area contributed by atoms with Gasteiger partial charge in [0.25, 0.3) is 0 Å². The molecule has 0 heterocycles. The first kappa shape index (κ1) is 30.1. The van der Waals surface area contributed by atoms with Gasteiger partial charge in [0.15, 0.2) is 0 Å². The highest BCUT2D eigenvalue weighted by Crippen LogP contribution is 2.27. The molecule has 0 saturated carbocycles. The number of hydrogen-bond donors (Lipinski definition) is 1. The van der Waals surface area contributed by atoms with E-state index >= 15 is 0 Å². The third kappa shape index (κ3) is 9.09. The van der Waals surface area contributed by atoms with Gasteiger partial charge in [-0.05, 0) is 61.6 Å². The van der Waals surface area contributed by atoms with Crippen LogP contribution in [0.3, 0.4) is 0 Å². The molecule has 0 aromatic heterocycles. The van der Waals surface area contributed by atoms with E-state index in [1.807, 2.05) is 45.0 Å². The van der Waals surface area contributed by atoms with E-state index in [-0.39, 0.29) is 43.7 Å². The maximum Gasteiger partial charge on any atom is 0.242 e.